The zero-order chi connectivity index (χ0) is 14.5. The van der Waals surface area contributed by atoms with Crippen LogP contribution in [0.3, 0.4) is 0 Å². The summed E-state index contributed by atoms with van der Waals surface area (Å²) in [6.45, 7) is 0. The Morgan fingerprint density at radius 3 is 2.25 bits per heavy atom. The van der Waals surface area contributed by atoms with Gasteiger partial charge in [-0.05, 0) is 35.9 Å². The molecule has 0 heterocycles. The minimum Gasteiger partial charge on any atom is -0.366 e. The molecule has 2 aromatic carbocycles. The van der Waals surface area contributed by atoms with Crippen molar-refractivity contribution in [3.63, 3.8) is 0 Å². The van der Waals surface area contributed by atoms with Crippen LogP contribution in [0, 0.1) is 0 Å². The number of halogens is 1. The van der Waals surface area contributed by atoms with E-state index in [0.717, 1.165) is 10.0 Å². The first-order valence-corrected chi connectivity index (χ1v) is 6.74. The first-order valence-electron chi connectivity index (χ1n) is 5.95. The molecule has 0 radical (unpaired) electrons. The highest BCUT2D eigenvalue weighted by Gasteiger charge is 2.05. The van der Waals surface area contributed by atoms with E-state index in [1.54, 1.807) is 36.4 Å². The zero-order valence-electron chi connectivity index (χ0n) is 10.5. The number of hydrogen-bond donors (Lipinski definition) is 1. The van der Waals surface area contributed by atoms with Gasteiger partial charge in [-0.15, -0.1) is 0 Å². The van der Waals surface area contributed by atoms with E-state index in [2.05, 4.69) is 15.9 Å². The van der Waals surface area contributed by atoms with Crippen LogP contribution in [0.1, 0.15) is 26.3 Å². The van der Waals surface area contributed by atoms with Crippen molar-refractivity contribution in [3.05, 3.63) is 75.8 Å². The lowest BCUT2D eigenvalue weighted by Gasteiger charge is -1.99. The average Bonchev–Trinajstić information content (AvgIpc) is 2.45. The Morgan fingerprint density at radius 2 is 1.65 bits per heavy atom. The molecule has 3 nitrogen and oxygen atoms in total. The molecule has 2 N–H and O–H groups in total. The van der Waals surface area contributed by atoms with E-state index in [-0.39, 0.29) is 5.78 Å². The number of nitrogens with two attached hydrogens (primary N) is 1. The summed E-state index contributed by atoms with van der Waals surface area (Å²) >= 11 is 3.34. The quantitative estimate of drug-likeness (QED) is 0.689. The van der Waals surface area contributed by atoms with Crippen molar-refractivity contribution in [2.75, 3.05) is 0 Å². The second kappa shape index (κ2) is 6.30. The fourth-order valence-electron chi connectivity index (χ4n) is 1.68. The van der Waals surface area contributed by atoms with Crippen LogP contribution < -0.4 is 5.73 Å². The van der Waals surface area contributed by atoms with Gasteiger partial charge in [0.1, 0.15) is 0 Å². The molecule has 0 spiro atoms. The van der Waals surface area contributed by atoms with Gasteiger partial charge in [0.2, 0.25) is 5.91 Å². The third kappa shape index (κ3) is 3.42. The summed E-state index contributed by atoms with van der Waals surface area (Å²) in [6.07, 6.45) is 3.20. The molecule has 0 fully saturated rings. The predicted octanol–water partition coefficient (Wildman–Crippen LogP) is 3.44. The molecule has 20 heavy (non-hydrogen) atoms. The van der Waals surface area contributed by atoms with E-state index < -0.39 is 5.91 Å². The zero-order valence-corrected chi connectivity index (χ0v) is 12.1. The molecular weight excluding hydrogens is 318 g/mol. The molecule has 0 unspecified atom stereocenters. The number of hydrogen-bond acceptors (Lipinski definition) is 2. The highest BCUT2D eigenvalue weighted by atomic mass is 79.9. The molecule has 0 aromatic heterocycles. The van der Waals surface area contributed by atoms with Crippen LogP contribution in [0.4, 0.5) is 0 Å². The number of carbonyl (C=O) groups is 2. The van der Waals surface area contributed by atoms with E-state index >= 15 is 0 Å². The molecule has 4 heteroatoms. The number of rotatable bonds is 4. The molecule has 0 aliphatic carbocycles. The van der Waals surface area contributed by atoms with Crippen molar-refractivity contribution in [2.24, 2.45) is 5.73 Å². The van der Waals surface area contributed by atoms with Crippen LogP contribution in [0.15, 0.2) is 59.1 Å². The molecule has 2 rings (SSSR count). The number of benzene rings is 2. The molecule has 0 aliphatic heterocycles. The van der Waals surface area contributed by atoms with Gasteiger partial charge in [0.05, 0.1) is 0 Å². The van der Waals surface area contributed by atoms with E-state index in [9.17, 15) is 9.59 Å². The minimum absolute atomic E-state index is 0.0866. The van der Waals surface area contributed by atoms with Crippen LogP contribution in [-0.4, -0.2) is 11.7 Å². The number of amides is 1. The van der Waals surface area contributed by atoms with E-state index in [1.807, 2.05) is 18.2 Å². The third-order valence-electron chi connectivity index (χ3n) is 2.76. The minimum atomic E-state index is -0.468. The Kier molecular flexibility index (Phi) is 4.48. The lowest BCUT2D eigenvalue weighted by Crippen LogP contribution is -2.10. The number of ketones is 1. The van der Waals surface area contributed by atoms with Gasteiger partial charge in [0, 0.05) is 15.6 Å². The van der Waals surface area contributed by atoms with Gasteiger partial charge >= 0.3 is 0 Å². The molecule has 0 saturated heterocycles. The van der Waals surface area contributed by atoms with Gasteiger partial charge in [0.25, 0.3) is 0 Å². The van der Waals surface area contributed by atoms with Gasteiger partial charge in [0.15, 0.2) is 5.78 Å². The summed E-state index contributed by atoms with van der Waals surface area (Å²) in [5.41, 5.74) is 7.04. The third-order valence-corrected chi connectivity index (χ3v) is 3.45. The van der Waals surface area contributed by atoms with Gasteiger partial charge in [-0.1, -0.05) is 46.3 Å². The summed E-state index contributed by atoms with van der Waals surface area (Å²) in [6, 6.07) is 14.0. The van der Waals surface area contributed by atoms with Crippen molar-refractivity contribution in [3.8, 4) is 0 Å². The van der Waals surface area contributed by atoms with Crippen molar-refractivity contribution >= 4 is 33.7 Å². The van der Waals surface area contributed by atoms with Gasteiger partial charge in [-0.3, -0.25) is 9.59 Å². The lowest BCUT2D eigenvalue weighted by atomic mass is 10.1. The molecule has 0 atom stereocenters. The predicted molar refractivity (Wildman–Crippen MR) is 82.5 cm³/mol. The van der Waals surface area contributed by atoms with Crippen molar-refractivity contribution < 1.29 is 9.59 Å². The summed E-state index contributed by atoms with van der Waals surface area (Å²) < 4.78 is 0.763. The Hall–Kier alpha value is -2.20. The molecule has 100 valence electrons. The number of allylic oxidation sites excluding steroid dienone is 1. The molecular formula is C16H12BrNO2. The van der Waals surface area contributed by atoms with Crippen LogP contribution >= 0.6 is 15.9 Å². The second-order valence-corrected chi connectivity index (χ2v) is 5.02. The highest BCUT2D eigenvalue weighted by molar-refractivity contribution is 9.10. The van der Waals surface area contributed by atoms with Crippen LogP contribution in [-0.2, 0) is 0 Å². The number of carbonyl (C=O) groups excluding carboxylic acids is 2. The molecule has 0 bridgehead atoms. The average molecular weight is 330 g/mol. The van der Waals surface area contributed by atoms with E-state index in [0.29, 0.717) is 11.1 Å². The fraction of sp³-hybridized carbons (Fsp3) is 0. The first kappa shape index (κ1) is 14.2. The van der Waals surface area contributed by atoms with Crippen molar-refractivity contribution in [1.29, 1.82) is 0 Å². The maximum Gasteiger partial charge on any atom is 0.248 e. The maximum absolute atomic E-state index is 12.0. The van der Waals surface area contributed by atoms with Crippen LogP contribution in [0.2, 0.25) is 0 Å². The summed E-state index contributed by atoms with van der Waals surface area (Å²) in [4.78, 5) is 23.0. The lowest BCUT2D eigenvalue weighted by molar-refractivity contribution is 0.0998. The summed E-state index contributed by atoms with van der Waals surface area (Å²) in [5, 5.41) is 0. The van der Waals surface area contributed by atoms with Gasteiger partial charge < -0.3 is 5.73 Å². The SMILES string of the molecule is NC(=O)c1ccc(/C=C/C(=O)c2ccccc2Br)cc1. The normalized spacial score (nSPS) is 10.7. The van der Waals surface area contributed by atoms with Crippen molar-refractivity contribution in [2.45, 2.75) is 0 Å². The van der Waals surface area contributed by atoms with Crippen LogP contribution in [0.5, 0.6) is 0 Å². The fourth-order valence-corrected chi connectivity index (χ4v) is 2.16. The molecule has 0 saturated carbocycles. The topological polar surface area (TPSA) is 60.2 Å². The molecule has 0 aliphatic rings. The smallest absolute Gasteiger partial charge is 0.248 e. The molecule has 2 aromatic rings. The summed E-state index contributed by atoms with van der Waals surface area (Å²) in [5.74, 6) is -0.554. The van der Waals surface area contributed by atoms with E-state index in [4.69, 9.17) is 5.73 Å². The van der Waals surface area contributed by atoms with Gasteiger partial charge in [-0.25, -0.2) is 0 Å². The largest absolute Gasteiger partial charge is 0.366 e. The summed E-state index contributed by atoms with van der Waals surface area (Å²) in [7, 11) is 0. The Bertz CT molecular complexity index is 675. The molecule has 1 amide bonds. The van der Waals surface area contributed by atoms with Crippen LogP contribution in [0.25, 0.3) is 6.08 Å². The van der Waals surface area contributed by atoms with Gasteiger partial charge in [-0.2, -0.15) is 0 Å². The highest BCUT2D eigenvalue weighted by Crippen LogP contribution is 2.17. The Labute approximate surface area is 125 Å². The maximum atomic E-state index is 12.0. The Morgan fingerprint density at radius 1 is 1.00 bits per heavy atom. The standard InChI is InChI=1S/C16H12BrNO2/c17-14-4-2-1-3-13(14)15(19)10-7-11-5-8-12(9-6-11)16(18)20/h1-10H,(H2,18,20)/b10-7+. The van der Waals surface area contributed by atoms with Crippen molar-refractivity contribution in [1.82, 2.24) is 0 Å². The first-order chi connectivity index (χ1) is 9.58. The monoisotopic (exact) mass is 329 g/mol. The Balaban J connectivity index is 2.15. The second-order valence-electron chi connectivity index (χ2n) is 4.16. The number of primary amides is 1. The van der Waals surface area contributed by atoms with E-state index in [1.165, 1.54) is 6.08 Å².